The van der Waals surface area contributed by atoms with E-state index in [9.17, 15) is 18.1 Å². The Kier molecular flexibility index (Phi) is 13.6. The summed E-state index contributed by atoms with van der Waals surface area (Å²) in [5, 5.41) is 15.3. The number of benzene rings is 3. The summed E-state index contributed by atoms with van der Waals surface area (Å²) in [5.74, 6) is -0.378. The fraction of sp³-hybridized carbons (Fsp3) is 0.455. The Morgan fingerprint density at radius 2 is 1.48 bits per heavy atom. The van der Waals surface area contributed by atoms with Gasteiger partial charge in [-0.1, -0.05) is 74.0 Å². The van der Waals surface area contributed by atoms with Crippen LogP contribution >= 0.6 is 7.60 Å². The third-order valence-electron chi connectivity index (χ3n) is 7.12. The van der Waals surface area contributed by atoms with Crippen LogP contribution in [0.15, 0.2) is 83.8 Å². The Morgan fingerprint density at radius 3 is 2.00 bits per heavy atom. The molecule has 242 valence electrons. The SMILES string of the molecule is CCOP(=O)(OCC)C(N[C@@H](Cc1ccccc1)[C@H](O)CN(CC(C)C)S(=O)(=O)c1ccc(OC)cc1)c1ccc(C)cc1. The van der Waals surface area contributed by atoms with Gasteiger partial charge in [-0.3, -0.25) is 9.88 Å². The monoisotopic (exact) mass is 646 g/mol. The fourth-order valence-corrected chi connectivity index (χ4v) is 8.58. The summed E-state index contributed by atoms with van der Waals surface area (Å²) in [7, 11) is -6.23. The second-order valence-electron chi connectivity index (χ2n) is 11.1. The van der Waals surface area contributed by atoms with E-state index in [1.54, 1.807) is 26.0 Å². The smallest absolute Gasteiger partial charge is 0.351 e. The van der Waals surface area contributed by atoms with E-state index < -0.39 is 35.5 Å². The number of nitrogens with one attached hydrogen (secondary N) is 1. The van der Waals surface area contributed by atoms with Crippen molar-refractivity contribution in [2.75, 3.05) is 33.4 Å². The number of sulfonamides is 1. The molecular formula is C33H47N2O7PS. The number of nitrogens with zero attached hydrogens (tertiary/aromatic N) is 1. The van der Waals surface area contributed by atoms with Crippen molar-refractivity contribution in [2.45, 2.75) is 63.9 Å². The molecule has 0 aliphatic heterocycles. The van der Waals surface area contributed by atoms with Crippen LogP contribution in [-0.4, -0.2) is 63.4 Å². The zero-order chi connectivity index (χ0) is 32.3. The van der Waals surface area contributed by atoms with Crippen molar-refractivity contribution in [1.82, 2.24) is 9.62 Å². The molecule has 0 heterocycles. The first-order valence-corrected chi connectivity index (χ1v) is 18.1. The lowest BCUT2D eigenvalue weighted by Gasteiger charge is -2.35. The molecule has 3 aromatic rings. The highest BCUT2D eigenvalue weighted by Crippen LogP contribution is 2.59. The zero-order valence-electron chi connectivity index (χ0n) is 26.5. The standard InChI is InChI=1S/C33H47N2O7PS/c1-7-41-43(37,42-8-2)33(28-16-14-26(5)15-17-28)34-31(22-27-12-10-9-11-13-27)32(36)24-35(23-25(3)4)44(38,39)30-20-18-29(40-6)19-21-30/h9-21,25,31-34,36H,7-8,22-24H2,1-6H3/t31-,32+,33?/m0/s1. The number of aliphatic hydroxyl groups excluding tert-OH is 1. The Balaban J connectivity index is 2.04. The Bertz CT molecular complexity index is 1430. The molecule has 0 spiro atoms. The van der Waals surface area contributed by atoms with Gasteiger partial charge in [0, 0.05) is 19.1 Å². The Labute approximate surface area is 263 Å². The van der Waals surface area contributed by atoms with Crippen molar-refractivity contribution in [3.63, 3.8) is 0 Å². The molecule has 3 rings (SSSR count). The van der Waals surface area contributed by atoms with Crippen LogP contribution in [0.25, 0.3) is 0 Å². The van der Waals surface area contributed by atoms with Gasteiger partial charge in [0.05, 0.1) is 31.3 Å². The molecule has 11 heteroatoms. The van der Waals surface area contributed by atoms with Crippen molar-refractivity contribution in [3.05, 3.63) is 95.6 Å². The summed E-state index contributed by atoms with van der Waals surface area (Å²) >= 11 is 0. The van der Waals surface area contributed by atoms with Gasteiger partial charge in [-0.15, -0.1) is 0 Å². The van der Waals surface area contributed by atoms with Crippen LogP contribution in [0.1, 0.15) is 50.2 Å². The van der Waals surface area contributed by atoms with Gasteiger partial charge in [0.25, 0.3) is 0 Å². The quantitative estimate of drug-likeness (QED) is 0.158. The molecule has 44 heavy (non-hydrogen) atoms. The molecule has 0 bridgehead atoms. The van der Waals surface area contributed by atoms with Crippen molar-refractivity contribution in [3.8, 4) is 5.75 Å². The molecule has 2 N–H and O–H groups in total. The van der Waals surface area contributed by atoms with Crippen molar-refractivity contribution >= 4 is 17.6 Å². The molecule has 0 saturated carbocycles. The van der Waals surface area contributed by atoms with Crippen molar-refractivity contribution in [2.24, 2.45) is 5.92 Å². The highest BCUT2D eigenvalue weighted by molar-refractivity contribution is 7.89. The maximum absolute atomic E-state index is 14.3. The Hall–Kier alpha value is -2.56. The molecule has 0 aliphatic carbocycles. The zero-order valence-corrected chi connectivity index (χ0v) is 28.3. The van der Waals surface area contributed by atoms with E-state index >= 15 is 0 Å². The number of rotatable bonds is 18. The van der Waals surface area contributed by atoms with Gasteiger partial charge in [-0.05, 0) is 68.5 Å². The molecule has 3 aromatic carbocycles. The van der Waals surface area contributed by atoms with E-state index in [4.69, 9.17) is 13.8 Å². The minimum absolute atomic E-state index is 0.00723. The molecule has 3 atom stereocenters. The number of aliphatic hydroxyl groups is 1. The minimum atomic E-state index is -3.97. The van der Waals surface area contributed by atoms with Gasteiger partial charge in [0.1, 0.15) is 11.5 Å². The molecule has 0 aliphatic rings. The molecule has 0 fully saturated rings. The van der Waals surface area contributed by atoms with E-state index in [1.807, 2.05) is 75.4 Å². The van der Waals surface area contributed by atoms with Crippen LogP contribution in [0.2, 0.25) is 0 Å². The lowest BCUT2D eigenvalue weighted by Crippen LogP contribution is -2.50. The van der Waals surface area contributed by atoms with Gasteiger partial charge in [0.15, 0.2) is 0 Å². The highest BCUT2D eigenvalue weighted by Gasteiger charge is 2.40. The molecule has 0 radical (unpaired) electrons. The average molecular weight is 647 g/mol. The number of hydrogen-bond donors (Lipinski definition) is 2. The van der Waals surface area contributed by atoms with Crippen LogP contribution < -0.4 is 10.1 Å². The molecule has 0 saturated heterocycles. The van der Waals surface area contributed by atoms with E-state index in [0.29, 0.717) is 17.7 Å². The second-order valence-corrected chi connectivity index (χ2v) is 15.2. The third-order valence-corrected chi connectivity index (χ3v) is 11.3. The maximum atomic E-state index is 14.3. The molecule has 0 aromatic heterocycles. The normalized spacial score (nSPS) is 14.5. The largest absolute Gasteiger partial charge is 0.497 e. The van der Waals surface area contributed by atoms with Crippen LogP contribution in [-0.2, 0) is 30.1 Å². The first-order chi connectivity index (χ1) is 20.9. The summed E-state index contributed by atoms with van der Waals surface area (Å²) in [6.45, 7) is 9.65. The number of aryl methyl sites for hydroxylation is 1. The van der Waals surface area contributed by atoms with Crippen LogP contribution in [0.3, 0.4) is 0 Å². The second kappa shape index (κ2) is 16.7. The first-order valence-electron chi connectivity index (χ1n) is 15.0. The number of methoxy groups -OCH3 is 1. The predicted octanol–water partition coefficient (Wildman–Crippen LogP) is 6.18. The summed E-state index contributed by atoms with van der Waals surface area (Å²) in [5.41, 5.74) is 2.63. The Morgan fingerprint density at radius 1 is 0.886 bits per heavy atom. The number of hydrogen-bond acceptors (Lipinski definition) is 8. The van der Waals surface area contributed by atoms with Crippen LogP contribution in [0, 0.1) is 12.8 Å². The van der Waals surface area contributed by atoms with Gasteiger partial charge in [0.2, 0.25) is 10.0 Å². The van der Waals surface area contributed by atoms with Gasteiger partial charge < -0.3 is 18.9 Å². The van der Waals surface area contributed by atoms with Gasteiger partial charge in [-0.2, -0.15) is 4.31 Å². The molecule has 0 amide bonds. The topological polar surface area (TPSA) is 114 Å². The minimum Gasteiger partial charge on any atom is -0.497 e. The van der Waals surface area contributed by atoms with Gasteiger partial charge >= 0.3 is 7.60 Å². The van der Waals surface area contributed by atoms with E-state index in [2.05, 4.69) is 5.32 Å². The first kappa shape index (κ1) is 35.9. The lowest BCUT2D eigenvalue weighted by molar-refractivity contribution is 0.0968. The summed E-state index contributed by atoms with van der Waals surface area (Å²) in [6.07, 6.45) is -0.854. The van der Waals surface area contributed by atoms with Gasteiger partial charge in [-0.25, -0.2) is 8.42 Å². The third kappa shape index (κ3) is 9.72. The van der Waals surface area contributed by atoms with Crippen molar-refractivity contribution in [1.29, 1.82) is 0 Å². The van der Waals surface area contributed by atoms with Crippen LogP contribution in [0.5, 0.6) is 5.75 Å². The lowest BCUT2D eigenvalue weighted by atomic mass is 10.00. The summed E-state index contributed by atoms with van der Waals surface area (Å²) in [4.78, 5) is 0.105. The van der Waals surface area contributed by atoms with E-state index in [-0.39, 0.29) is 37.1 Å². The van der Waals surface area contributed by atoms with E-state index in [0.717, 1.165) is 11.1 Å². The van der Waals surface area contributed by atoms with Crippen molar-refractivity contribution < 1.29 is 31.9 Å². The maximum Gasteiger partial charge on any atom is 0.351 e. The van der Waals surface area contributed by atoms with E-state index in [1.165, 1.54) is 23.5 Å². The molecular weight excluding hydrogens is 599 g/mol. The number of ether oxygens (including phenoxy) is 1. The molecule has 9 nitrogen and oxygen atoms in total. The average Bonchev–Trinajstić information content (AvgIpc) is 3.00. The summed E-state index contributed by atoms with van der Waals surface area (Å²) in [6, 6.07) is 22.6. The molecule has 1 unspecified atom stereocenters. The summed E-state index contributed by atoms with van der Waals surface area (Å²) < 4.78 is 60.1. The highest BCUT2D eigenvalue weighted by atomic mass is 32.2. The fourth-order valence-electron chi connectivity index (χ4n) is 4.95. The van der Waals surface area contributed by atoms with Crippen LogP contribution in [0.4, 0.5) is 0 Å². The predicted molar refractivity (Wildman–Crippen MR) is 174 cm³/mol.